The fourth-order valence-corrected chi connectivity index (χ4v) is 1.84. The van der Waals surface area contributed by atoms with E-state index in [1.54, 1.807) is 11.3 Å². The highest BCUT2D eigenvalue weighted by atomic mass is 32.1. The number of rotatable bonds is 6. The molecule has 1 aromatic heterocycles. The first kappa shape index (κ1) is 11.7. The first-order valence-corrected chi connectivity index (χ1v) is 6.17. The molecule has 0 radical (unpaired) electrons. The normalized spacial score (nSPS) is 13.4. The van der Waals surface area contributed by atoms with E-state index in [0.29, 0.717) is 6.04 Å². The van der Waals surface area contributed by atoms with Crippen molar-refractivity contribution in [3.63, 3.8) is 0 Å². The van der Waals surface area contributed by atoms with Crippen LogP contribution >= 0.6 is 11.3 Å². The number of hydrogen-bond donors (Lipinski definition) is 1. The van der Waals surface area contributed by atoms with Crippen LogP contribution in [0.3, 0.4) is 0 Å². The molecule has 1 rings (SSSR count). The summed E-state index contributed by atoms with van der Waals surface area (Å²) >= 11 is 1.72. The third-order valence-corrected chi connectivity index (χ3v) is 3.06. The molecule has 0 aromatic carbocycles. The van der Waals surface area contributed by atoms with Crippen LogP contribution in [0.5, 0.6) is 0 Å². The van der Waals surface area contributed by atoms with Crippen molar-refractivity contribution >= 4 is 11.3 Å². The van der Waals surface area contributed by atoms with Crippen LogP contribution in [0.15, 0.2) is 11.7 Å². The van der Waals surface area contributed by atoms with Crippen LogP contribution in [-0.2, 0) is 6.54 Å². The number of aromatic nitrogens is 1. The van der Waals surface area contributed by atoms with E-state index in [1.165, 1.54) is 17.7 Å². The zero-order chi connectivity index (χ0) is 10.4. The van der Waals surface area contributed by atoms with Gasteiger partial charge in [0.1, 0.15) is 0 Å². The van der Waals surface area contributed by atoms with Crippen LogP contribution in [-0.4, -0.2) is 11.0 Å². The Morgan fingerprint density at radius 1 is 1.36 bits per heavy atom. The van der Waals surface area contributed by atoms with E-state index in [-0.39, 0.29) is 0 Å². The molecule has 0 aliphatic carbocycles. The molecule has 1 unspecified atom stereocenters. The molecule has 0 saturated heterocycles. The standard InChI is InChI=1S/C11H20N2S/c1-9(2)4-5-10(3)13-7-11-6-12-8-14-11/h6,8-10,13H,4-5,7H2,1-3H3. The molecule has 1 atom stereocenters. The molecule has 0 aliphatic heterocycles. The van der Waals surface area contributed by atoms with E-state index < -0.39 is 0 Å². The van der Waals surface area contributed by atoms with Crippen molar-refractivity contribution in [3.05, 3.63) is 16.6 Å². The van der Waals surface area contributed by atoms with Crippen LogP contribution < -0.4 is 5.32 Å². The molecule has 1 heterocycles. The molecular formula is C11H20N2S. The van der Waals surface area contributed by atoms with E-state index in [9.17, 15) is 0 Å². The minimum absolute atomic E-state index is 0.611. The van der Waals surface area contributed by atoms with Gasteiger partial charge in [0.15, 0.2) is 0 Å². The lowest BCUT2D eigenvalue weighted by atomic mass is 10.0. The lowest BCUT2D eigenvalue weighted by molar-refractivity contribution is 0.452. The van der Waals surface area contributed by atoms with Crippen molar-refractivity contribution in [2.75, 3.05) is 0 Å². The molecule has 0 fully saturated rings. The van der Waals surface area contributed by atoms with Crippen LogP contribution in [0.2, 0.25) is 0 Å². The Hall–Kier alpha value is -0.410. The molecule has 0 amide bonds. The number of nitrogens with one attached hydrogen (secondary N) is 1. The third-order valence-electron chi connectivity index (χ3n) is 2.29. The molecule has 0 saturated carbocycles. The topological polar surface area (TPSA) is 24.9 Å². The molecule has 1 aromatic rings. The maximum absolute atomic E-state index is 4.05. The van der Waals surface area contributed by atoms with E-state index in [4.69, 9.17) is 0 Å². The number of nitrogens with zero attached hydrogens (tertiary/aromatic N) is 1. The maximum Gasteiger partial charge on any atom is 0.0794 e. The van der Waals surface area contributed by atoms with Gasteiger partial charge in [0, 0.05) is 23.7 Å². The average molecular weight is 212 g/mol. The zero-order valence-corrected chi connectivity index (χ0v) is 10.1. The Kier molecular flexibility index (Phi) is 5.12. The van der Waals surface area contributed by atoms with Gasteiger partial charge in [-0.05, 0) is 25.7 Å². The maximum atomic E-state index is 4.05. The summed E-state index contributed by atoms with van der Waals surface area (Å²) in [6.07, 6.45) is 4.50. The van der Waals surface area contributed by atoms with Crippen molar-refractivity contribution in [1.29, 1.82) is 0 Å². The van der Waals surface area contributed by atoms with Gasteiger partial charge in [-0.25, -0.2) is 0 Å². The van der Waals surface area contributed by atoms with Gasteiger partial charge >= 0.3 is 0 Å². The Bertz CT molecular complexity index is 231. The average Bonchev–Trinajstić information content (AvgIpc) is 2.63. The number of thiazole rings is 1. The van der Waals surface area contributed by atoms with Crippen LogP contribution in [0.25, 0.3) is 0 Å². The fraction of sp³-hybridized carbons (Fsp3) is 0.727. The lowest BCUT2D eigenvalue weighted by Crippen LogP contribution is -2.25. The van der Waals surface area contributed by atoms with Crippen molar-refractivity contribution < 1.29 is 0 Å². The predicted octanol–water partition coefficient (Wildman–Crippen LogP) is 3.06. The van der Waals surface area contributed by atoms with Gasteiger partial charge < -0.3 is 5.32 Å². The Labute approximate surface area is 90.8 Å². The molecule has 80 valence electrons. The van der Waals surface area contributed by atoms with Crippen molar-refractivity contribution in [2.24, 2.45) is 5.92 Å². The van der Waals surface area contributed by atoms with Crippen LogP contribution in [0, 0.1) is 5.92 Å². The summed E-state index contributed by atoms with van der Waals surface area (Å²) in [5.74, 6) is 0.808. The highest BCUT2D eigenvalue weighted by molar-refractivity contribution is 7.09. The SMILES string of the molecule is CC(C)CCC(C)NCc1cncs1. The van der Waals surface area contributed by atoms with E-state index >= 15 is 0 Å². The Balaban J connectivity index is 2.12. The predicted molar refractivity (Wildman–Crippen MR) is 62.5 cm³/mol. The van der Waals surface area contributed by atoms with Gasteiger partial charge in [0.05, 0.1) is 5.51 Å². The Morgan fingerprint density at radius 2 is 2.14 bits per heavy atom. The van der Waals surface area contributed by atoms with Crippen molar-refractivity contribution in [1.82, 2.24) is 10.3 Å². The summed E-state index contributed by atoms with van der Waals surface area (Å²) in [6.45, 7) is 7.76. The molecule has 0 aliphatic rings. The molecule has 0 spiro atoms. The largest absolute Gasteiger partial charge is 0.309 e. The van der Waals surface area contributed by atoms with Crippen LogP contribution in [0.4, 0.5) is 0 Å². The minimum Gasteiger partial charge on any atom is -0.309 e. The molecule has 2 nitrogen and oxygen atoms in total. The smallest absolute Gasteiger partial charge is 0.0794 e. The molecule has 3 heteroatoms. The Morgan fingerprint density at radius 3 is 2.71 bits per heavy atom. The van der Waals surface area contributed by atoms with Gasteiger partial charge in [0.2, 0.25) is 0 Å². The summed E-state index contributed by atoms with van der Waals surface area (Å²) in [6, 6.07) is 0.611. The van der Waals surface area contributed by atoms with Crippen LogP contribution in [0.1, 0.15) is 38.5 Å². The van der Waals surface area contributed by atoms with E-state index in [0.717, 1.165) is 12.5 Å². The summed E-state index contributed by atoms with van der Waals surface area (Å²) in [5.41, 5.74) is 1.88. The number of hydrogen-bond acceptors (Lipinski definition) is 3. The summed E-state index contributed by atoms with van der Waals surface area (Å²) in [5, 5.41) is 3.51. The fourth-order valence-electron chi connectivity index (χ4n) is 1.29. The molecular weight excluding hydrogens is 192 g/mol. The molecule has 14 heavy (non-hydrogen) atoms. The second-order valence-electron chi connectivity index (χ2n) is 4.22. The first-order chi connectivity index (χ1) is 6.68. The van der Waals surface area contributed by atoms with Gasteiger partial charge in [-0.3, -0.25) is 4.98 Å². The van der Waals surface area contributed by atoms with Gasteiger partial charge in [-0.1, -0.05) is 13.8 Å². The van der Waals surface area contributed by atoms with Crippen molar-refractivity contribution in [3.8, 4) is 0 Å². The zero-order valence-electron chi connectivity index (χ0n) is 9.29. The minimum atomic E-state index is 0.611. The molecule has 1 N–H and O–H groups in total. The lowest BCUT2D eigenvalue weighted by Gasteiger charge is -2.13. The highest BCUT2D eigenvalue weighted by Crippen LogP contribution is 2.08. The quantitative estimate of drug-likeness (QED) is 0.784. The van der Waals surface area contributed by atoms with Gasteiger partial charge in [0.25, 0.3) is 0 Å². The first-order valence-electron chi connectivity index (χ1n) is 5.29. The second kappa shape index (κ2) is 6.14. The summed E-state index contributed by atoms with van der Waals surface area (Å²) < 4.78 is 0. The second-order valence-corrected chi connectivity index (χ2v) is 5.19. The van der Waals surface area contributed by atoms with E-state index in [2.05, 4.69) is 31.1 Å². The van der Waals surface area contributed by atoms with E-state index in [1.807, 2.05) is 11.7 Å². The summed E-state index contributed by atoms with van der Waals surface area (Å²) in [7, 11) is 0. The van der Waals surface area contributed by atoms with Gasteiger partial charge in [-0.15, -0.1) is 11.3 Å². The molecule has 0 bridgehead atoms. The van der Waals surface area contributed by atoms with Gasteiger partial charge in [-0.2, -0.15) is 0 Å². The van der Waals surface area contributed by atoms with Crippen molar-refractivity contribution in [2.45, 2.75) is 46.2 Å². The monoisotopic (exact) mass is 212 g/mol. The summed E-state index contributed by atoms with van der Waals surface area (Å²) in [4.78, 5) is 5.37. The third kappa shape index (κ3) is 4.72. The highest BCUT2D eigenvalue weighted by Gasteiger charge is 2.03.